The van der Waals surface area contributed by atoms with Crippen LogP contribution in [0.25, 0.3) is 0 Å². The minimum absolute atomic E-state index is 0.285. The summed E-state index contributed by atoms with van der Waals surface area (Å²) in [5.41, 5.74) is 0.817. The first-order valence-corrected chi connectivity index (χ1v) is 7.93. The SMILES string of the molecule is COC(=O)c1ccccc1NC(=O)NCCC1CCCCC1. The maximum atomic E-state index is 11.9. The van der Waals surface area contributed by atoms with E-state index >= 15 is 0 Å². The number of methoxy groups -OCH3 is 1. The standard InChI is InChI=1S/C17H24N2O3/c1-22-16(20)14-9-5-6-10-15(14)19-17(21)18-12-11-13-7-3-2-4-8-13/h5-6,9-10,13H,2-4,7-8,11-12H2,1H3,(H2,18,19,21). The van der Waals surface area contributed by atoms with E-state index in [4.69, 9.17) is 4.74 Å². The predicted molar refractivity (Wildman–Crippen MR) is 86.0 cm³/mol. The van der Waals surface area contributed by atoms with Crippen molar-refractivity contribution < 1.29 is 14.3 Å². The molecule has 1 fully saturated rings. The molecule has 0 aliphatic heterocycles. The second-order valence-corrected chi connectivity index (χ2v) is 5.71. The molecule has 0 atom stereocenters. The number of carbonyl (C=O) groups excluding carboxylic acids is 2. The summed E-state index contributed by atoms with van der Waals surface area (Å²) < 4.78 is 4.71. The van der Waals surface area contributed by atoms with Crippen LogP contribution in [0.5, 0.6) is 0 Å². The van der Waals surface area contributed by atoms with Gasteiger partial charge in [-0.05, 0) is 24.5 Å². The molecule has 5 nitrogen and oxygen atoms in total. The van der Waals surface area contributed by atoms with Crippen molar-refractivity contribution in [3.05, 3.63) is 29.8 Å². The van der Waals surface area contributed by atoms with Crippen LogP contribution in [0.15, 0.2) is 24.3 Å². The van der Waals surface area contributed by atoms with E-state index in [1.165, 1.54) is 39.2 Å². The van der Waals surface area contributed by atoms with Crippen molar-refractivity contribution >= 4 is 17.7 Å². The highest BCUT2D eigenvalue weighted by atomic mass is 16.5. The molecule has 1 saturated carbocycles. The van der Waals surface area contributed by atoms with Crippen molar-refractivity contribution in [2.45, 2.75) is 38.5 Å². The number of rotatable bonds is 5. The minimum atomic E-state index is -0.460. The maximum Gasteiger partial charge on any atom is 0.339 e. The third-order valence-electron chi connectivity index (χ3n) is 4.14. The molecule has 22 heavy (non-hydrogen) atoms. The molecule has 0 aromatic heterocycles. The summed E-state index contributed by atoms with van der Waals surface area (Å²) in [6.45, 7) is 0.664. The second kappa shape index (κ2) is 8.41. The highest BCUT2D eigenvalue weighted by Gasteiger charge is 2.15. The monoisotopic (exact) mass is 304 g/mol. The van der Waals surface area contributed by atoms with Crippen LogP contribution in [0.1, 0.15) is 48.9 Å². The number of para-hydroxylation sites is 1. The first-order valence-electron chi connectivity index (χ1n) is 7.93. The Balaban J connectivity index is 1.80. The molecule has 0 unspecified atom stereocenters. The van der Waals surface area contributed by atoms with Gasteiger partial charge >= 0.3 is 12.0 Å². The smallest absolute Gasteiger partial charge is 0.339 e. The van der Waals surface area contributed by atoms with E-state index in [0.717, 1.165) is 12.3 Å². The normalized spacial score (nSPS) is 15.1. The lowest BCUT2D eigenvalue weighted by Crippen LogP contribution is -2.31. The number of benzene rings is 1. The number of urea groups is 1. The van der Waals surface area contributed by atoms with Crippen molar-refractivity contribution in [2.75, 3.05) is 19.0 Å². The van der Waals surface area contributed by atoms with Crippen molar-refractivity contribution in [1.29, 1.82) is 0 Å². The van der Waals surface area contributed by atoms with E-state index in [-0.39, 0.29) is 6.03 Å². The zero-order chi connectivity index (χ0) is 15.8. The Kier molecular flexibility index (Phi) is 6.25. The van der Waals surface area contributed by atoms with Crippen LogP contribution in [0.4, 0.5) is 10.5 Å². The highest BCUT2D eigenvalue weighted by Crippen LogP contribution is 2.25. The Bertz CT molecular complexity index is 510. The predicted octanol–water partition coefficient (Wildman–Crippen LogP) is 3.57. The molecule has 0 heterocycles. The van der Waals surface area contributed by atoms with Gasteiger partial charge in [0.1, 0.15) is 0 Å². The van der Waals surface area contributed by atoms with Crippen LogP contribution in [-0.4, -0.2) is 25.7 Å². The van der Waals surface area contributed by atoms with Crippen molar-refractivity contribution in [1.82, 2.24) is 5.32 Å². The van der Waals surface area contributed by atoms with Gasteiger partial charge in [-0.2, -0.15) is 0 Å². The van der Waals surface area contributed by atoms with E-state index in [1.807, 2.05) is 0 Å². The third-order valence-corrected chi connectivity index (χ3v) is 4.14. The van der Waals surface area contributed by atoms with Crippen LogP contribution < -0.4 is 10.6 Å². The number of esters is 1. The molecular weight excluding hydrogens is 280 g/mol. The number of anilines is 1. The Morgan fingerprint density at radius 1 is 1.18 bits per heavy atom. The molecule has 0 radical (unpaired) electrons. The summed E-state index contributed by atoms with van der Waals surface area (Å²) in [6, 6.07) is 6.53. The van der Waals surface area contributed by atoms with Crippen LogP contribution in [0.3, 0.4) is 0 Å². The molecule has 0 saturated heterocycles. The summed E-state index contributed by atoms with van der Waals surface area (Å²) in [4.78, 5) is 23.6. The quantitative estimate of drug-likeness (QED) is 0.817. The van der Waals surface area contributed by atoms with E-state index < -0.39 is 5.97 Å². The molecule has 1 aromatic carbocycles. The van der Waals surface area contributed by atoms with Gasteiger partial charge in [0, 0.05) is 6.54 Å². The molecule has 1 aliphatic carbocycles. The summed E-state index contributed by atoms with van der Waals surface area (Å²) >= 11 is 0. The van der Waals surface area contributed by atoms with Gasteiger partial charge in [-0.3, -0.25) is 0 Å². The number of hydrogen-bond acceptors (Lipinski definition) is 3. The van der Waals surface area contributed by atoms with Gasteiger partial charge < -0.3 is 15.4 Å². The van der Waals surface area contributed by atoms with Crippen molar-refractivity contribution in [3.63, 3.8) is 0 Å². The fourth-order valence-electron chi connectivity index (χ4n) is 2.91. The summed E-state index contributed by atoms with van der Waals surface area (Å²) in [7, 11) is 1.32. The molecule has 1 aliphatic rings. The van der Waals surface area contributed by atoms with Crippen LogP contribution in [0.2, 0.25) is 0 Å². The van der Waals surface area contributed by atoms with Crippen molar-refractivity contribution in [3.8, 4) is 0 Å². The number of amides is 2. The second-order valence-electron chi connectivity index (χ2n) is 5.71. The largest absolute Gasteiger partial charge is 0.465 e. The number of ether oxygens (including phenoxy) is 1. The Hall–Kier alpha value is -2.04. The number of hydrogen-bond donors (Lipinski definition) is 2. The molecule has 0 spiro atoms. The molecule has 2 amide bonds. The zero-order valence-electron chi connectivity index (χ0n) is 13.1. The number of nitrogens with one attached hydrogen (secondary N) is 2. The molecule has 2 rings (SSSR count). The van der Waals surface area contributed by atoms with Crippen molar-refractivity contribution in [2.24, 2.45) is 5.92 Å². The van der Waals surface area contributed by atoms with Gasteiger partial charge in [0.15, 0.2) is 0 Å². The van der Waals surface area contributed by atoms with E-state index in [0.29, 0.717) is 17.8 Å². The fraction of sp³-hybridized carbons (Fsp3) is 0.529. The first-order chi connectivity index (χ1) is 10.7. The van der Waals surface area contributed by atoms with Gasteiger partial charge in [-0.15, -0.1) is 0 Å². The van der Waals surface area contributed by atoms with E-state index in [9.17, 15) is 9.59 Å². The Morgan fingerprint density at radius 2 is 1.91 bits per heavy atom. The number of carbonyl (C=O) groups is 2. The first kappa shape index (κ1) is 16.3. The van der Waals surface area contributed by atoms with Crippen LogP contribution in [0, 0.1) is 5.92 Å². The van der Waals surface area contributed by atoms with E-state index in [2.05, 4.69) is 10.6 Å². The molecule has 1 aromatic rings. The topological polar surface area (TPSA) is 67.4 Å². The van der Waals surface area contributed by atoms with Gasteiger partial charge in [-0.25, -0.2) is 9.59 Å². The molecular formula is C17H24N2O3. The third kappa shape index (κ3) is 4.76. The lowest BCUT2D eigenvalue weighted by Gasteiger charge is -2.21. The minimum Gasteiger partial charge on any atom is -0.465 e. The average Bonchev–Trinajstić information content (AvgIpc) is 2.55. The lowest BCUT2D eigenvalue weighted by atomic mass is 9.87. The average molecular weight is 304 g/mol. The zero-order valence-corrected chi connectivity index (χ0v) is 13.1. The summed E-state index contributed by atoms with van der Waals surface area (Å²) in [6.07, 6.45) is 7.52. The Morgan fingerprint density at radius 3 is 2.64 bits per heavy atom. The summed E-state index contributed by atoms with van der Waals surface area (Å²) in [5.74, 6) is 0.273. The molecule has 0 bridgehead atoms. The van der Waals surface area contributed by atoms with E-state index in [1.54, 1.807) is 24.3 Å². The fourth-order valence-corrected chi connectivity index (χ4v) is 2.91. The van der Waals surface area contributed by atoms with Crippen LogP contribution >= 0.6 is 0 Å². The lowest BCUT2D eigenvalue weighted by molar-refractivity contribution is 0.0602. The Labute approximate surface area is 131 Å². The van der Waals surface area contributed by atoms with Gasteiger partial charge in [0.05, 0.1) is 18.4 Å². The maximum absolute atomic E-state index is 11.9. The molecule has 2 N–H and O–H groups in total. The molecule has 120 valence electrons. The molecule has 5 heteroatoms. The highest BCUT2D eigenvalue weighted by molar-refractivity contribution is 6.00. The van der Waals surface area contributed by atoms with Crippen LogP contribution in [-0.2, 0) is 4.74 Å². The van der Waals surface area contributed by atoms with Gasteiger partial charge in [0.25, 0.3) is 0 Å². The summed E-state index contributed by atoms with van der Waals surface area (Å²) in [5, 5.41) is 5.57. The van der Waals surface area contributed by atoms with Gasteiger partial charge in [-0.1, -0.05) is 44.2 Å². The van der Waals surface area contributed by atoms with Gasteiger partial charge in [0.2, 0.25) is 0 Å².